The van der Waals surface area contributed by atoms with Gasteiger partial charge in [0.15, 0.2) is 0 Å². The van der Waals surface area contributed by atoms with Gasteiger partial charge in [-0.25, -0.2) is 4.98 Å². The van der Waals surface area contributed by atoms with Crippen molar-refractivity contribution in [1.82, 2.24) is 4.98 Å². The third kappa shape index (κ3) is 3.58. The Bertz CT molecular complexity index is 500. The summed E-state index contributed by atoms with van der Waals surface area (Å²) < 4.78 is 10.9. The fourth-order valence-electron chi connectivity index (χ4n) is 2.03. The molecule has 0 saturated carbocycles. The monoisotopic (exact) mass is 294 g/mol. The summed E-state index contributed by atoms with van der Waals surface area (Å²) in [5.74, 6) is 0.949. The molecule has 1 unspecified atom stereocenters. The zero-order valence-electron chi connectivity index (χ0n) is 12.5. The molecule has 1 aliphatic heterocycles. The molecule has 1 aliphatic rings. The molecule has 6 heteroatoms. The van der Waals surface area contributed by atoms with Gasteiger partial charge in [0.2, 0.25) is 5.91 Å². The number of rotatable bonds is 6. The fraction of sp³-hybridized carbons (Fsp3) is 0.571. The van der Waals surface area contributed by atoms with Gasteiger partial charge in [0.05, 0.1) is 25.8 Å². The molecule has 20 heavy (non-hydrogen) atoms. The number of amides is 1. The number of carbonyl (C=O) groups is 1. The Morgan fingerprint density at radius 1 is 1.40 bits per heavy atom. The van der Waals surface area contributed by atoms with Crippen LogP contribution >= 0.6 is 0 Å². The van der Waals surface area contributed by atoms with Gasteiger partial charge in [-0.1, -0.05) is 19.6 Å². The smallest absolute Gasteiger partial charge is 0.235 e. The van der Waals surface area contributed by atoms with Crippen LogP contribution in [0.25, 0.3) is 0 Å². The minimum absolute atomic E-state index is 0.0474. The zero-order valence-corrected chi connectivity index (χ0v) is 13.5. The number of hydrogen-bond donors (Lipinski definition) is 1. The SMILES string of the molecule is COc1cnc2c(c1)C(COCC[Si](C)(C)C)C(=O)N2. The zero-order chi connectivity index (χ0) is 14.8. The summed E-state index contributed by atoms with van der Waals surface area (Å²) in [6, 6.07) is 2.96. The second kappa shape index (κ2) is 5.93. The normalized spacial score (nSPS) is 17.8. The number of aromatic nitrogens is 1. The van der Waals surface area contributed by atoms with E-state index in [0.717, 1.165) is 11.6 Å². The molecule has 0 saturated heterocycles. The van der Waals surface area contributed by atoms with Crippen LogP contribution in [-0.2, 0) is 9.53 Å². The van der Waals surface area contributed by atoms with Gasteiger partial charge in [-0.05, 0) is 12.1 Å². The largest absolute Gasteiger partial charge is 0.495 e. The summed E-state index contributed by atoms with van der Waals surface area (Å²) in [6.07, 6.45) is 1.60. The Balaban J connectivity index is 1.98. The Morgan fingerprint density at radius 3 is 2.80 bits per heavy atom. The van der Waals surface area contributed by atoms with Crippen LogP contribution in [0.3, 0.4) is 0 Å². The van der Waals surface area contributed by atoms with Crippen molar-refractivity contribution in [3.05, 3.63) is 17.8 Å². The lowest BCUT2D eigenvalue weighted by Gasteiger charge is -2.16. The van der Waals surface area contributed by atoms with Crippen molar-refractivity contribution in [2.45, 2.75) is 31.6 Å². The molecule has 0 aromatic carbocycles. The number of nitrogens with zero attached hydrogens (tertiary/aromatic N) is 1. The highest BCUT2D eigenvalue weighted by atomic mass is 28.3. The van der Waals surface area contributed by atoms with Gasteiger partial charge < -0.3 is 14.8 Å². The number of ether oxygens (including phenoxy) is 2. The number of nitrogens with one attached hydrogen (secondary N) is 1. The second-order valence-corrected chi connectivity index (χ2v) is 11.9. The van der Waals surface area contributed by atoms with E-state index in [1.54, 1.807) is 13.3 Å². The van der Waals surface area contributed by atoms with Crippen molar-refractivity contribution < 1.29 is 14.3 Å². The second-order valence-electron chi connectivity index (χ2n) is 6.24. The Morgan fingerprint density at radius 2 is 2.15 bits per heavy atom. The Hall–Kier alpha value is -1.40. The molecule has 110 valence electrons. The average Bonchev–Trinajstić information content (AvgIpc) is 2.68. The summed E-state index contributed by atoms with van der Waals surface area (Å²) >= 11 is 0. The average molecular weight is 294 g/mol. The maximum Gasteiger partial charge on any atom is 0.235 e. The molecule has 0 aliphatic carbocycles. The van der Waals surface area contributed by atoms with E-state index in [1.165, 1.54) is 0 Å². The van der Waals surface area contributed by atoms with E-state index in [4.69, 9.17) is 9.47 Å². The predicted octanol–water partition coefficient (Wildman–Crippen LogP) is 2.48. The van der Waals surface area contributed by atoms with Crippen LogP contribution < -0.4 is 10.1 Å². The minimum Gasteiger partial charge on any atom is -0.495 e. The molecular formula is C14H22N2O3Si. The third-order valence-corrected chi connectivity index (χ3v) is 5.05. The summed E-state index contributed by atoms with van der Waals surface area (Å²) in [4.78, 5) is 16.2. The molecule has 0 fully saturated rings. The fourth-order valence-corrected chi connectivity index (χ4v) is 2.79. The van der Waals surface area contributed by atoms with Crippen LogP contribution in [0.1, 0.15) is 11.5 Å². The van der Waals surface area contributed by atoms with E-state index in [-0.39, 0.29) is 11.8 Å². The molecule has 2 rings (SSSR count). The Labute approximate surface area is 120 Å². The van der Waals surface area contributed by atoms with Gasteiger partial charge in [0.1, 0.15) is 11.6 Å². The molecular weight excluding hydrogens is 272 g/mol. The van der Waals surface area contributed by atoms with E-state index < -0.39 is 8.07 Å². The van der Waals surface area contributed by atoms with Crippen molar-refractivity contribution in [2.24, 2.45) is 0 Å². The highest BCUT2D eigenvalue weighted by Gasteiger charge is 2.32. The van der Waals surface area contributed by atoms with Crippen LogP contribution in [0.2, 0.25) is 25.7 Å². The van der Waals surface area contributed by atoms with E-state index in [0.29, 0.717) is 24.8 Å². The van der Waals surface area contributed by atoms with Gasteiger partial charge in [0.25, 0.3) is 0 Å². The number of pyridine rings is 1. The number of fused-ring (bicyclic) bond motifs is 1. The highest BCUT2D eigenvalue weighted by molar-refractivity contribution is 6.76. The van der Waals surface area contributed by atoms with Crippen molar-refractivity contribution in [3.63, 3.8) is 0 Å². The van der Waals surface area contributed by atoms with Crippen LogP contribution in [-0.4, -0.2) is 39.3 Å². The molecule has 1 atom stereocenters. The van der Waals surface area contributed by atoms with Gasteiger partial charge in [-0.2, -0.15) is 0 Å². The standard InChI is InChI=1S/C14H22N2O3Si/c1-18-10-7-11-12(9-19-5-6-20(2,3)4)14(17)16-13(11)15-8-10/h7-8,12H,5-6,9H2,1-4H3,(H,15,16,17). The van der Waals surface area contributed by atoms with Gasteiger partial charge in [-0.15, -0.1) is 0 Å². The van der Waals surface area contributed by atoms with Crippen LogP contribution in [0.15, 0.2) is 12.3 Å². The lowest BCUT2D eigenvalue weighted by Crippen LogP contribution is -2.23. The number of hydrogen-bond acceptors (Lipinski definition) is 4. The number of methoxy groups -OCH3 is 1. The summed E-state index contributed by atoms with van der Waals surface area (Å²) in [6.45, 7) is 8.04. The van der Waals surface area contributed by atoms with Crippen molar-refractivity contribution in [3.8, 4) is 5.75 Å². The quantitative estimate of drug-likeness (QED) is 0.647. The summed E-state index contributed by atoms with van der Waals surface area (Å²) in [7, 11) is 0.495. The molecule has 1 aromatic heterocycles. The predicted molar refractivity (Wildman–Crippen MR) is 81.1 cm³/mol. The van der Waals surface area contributed by atoms with Gasteiger partial charge >= 0.3 is 0 Å². The molecule has 0 radical (unpaired) electrons. The molecule has 0 bridgehead atoms. The van der Waals surface area contributed by atoms with Gasteiger partial charge in [0, 0.05) is 20.2 Å². The first-order valence-corrected chi connectivity index (χ1v) is 10.5. The van der Waals surface area contributed by atoms with E-state index in [9.17, 15) is 4.79 Å². The van der Waals surface area contributed by atoms with Gasteiger partial charge in [-0.3, -0.25) is 4.79 Å². The van der Waals surface area contributed by atoms with E-state index in [2.05, 4.69) is 29.9 Å². The first-order chi connectivity index (χ1) is 9.40. The summed E-state index contributed by atoms with van der Waals surface area (Å²) in [5, 5.41) is 2.78. The van der Waals surface area contributed by atoms with Crippen molar-refractivity contribution >= 4 is 19.8 Å². The van der Waals surface area contributed by atoms with Crippen LogP contribution in [0.4, 0.5) is 5.82 Å². The molecule has 5 nitrogen and oxygen atoms in total. The molecule has 2 heterocycles. The Kier molecular flexibility index (Phi) is 4.44. The highest BCUT2D eigenvalue weighted by Crippen LogP contribution is 2.33. The maximum atomic E-state index is 12.0. The number of anilines is 1. The van der Waals surface area contributed by atoms with Crippen LogP contribution in [0, 0.1) is 0 Å². The molecule has 1 aromatic rings. The molecule has 0 spiro atoms. The van der Waals surface area contributed by atoms with E-state index >= 15 is 0 Å². The topological polar surface area (TPSA) is 60.5 Å². The lowest BCUT2D eigenvalue weighted by atomic mass is 10.0. The van der Waals surface area contributed by atoms with Crippen molar-refractivity contribution in [1.29, 1.82) is 0 Å². The maximum absolute atomic E-state index is 12.0. The minimum atomic E-state index is -1.10. The molecule has 1 amide bonds. The van der Waals surface area contributed by atoms with E-state index in [1.807, 2.05) is 6.07 Å². The third-order valence-electron chi connectivity index (χ3n) is 3.34. The first kappa shape index (κ1) is 15.0. The first-order valence-electron chi connectivity index (χ1n) is 6.83. The lowest BCUT2D eigenvalue weighted by molar-refractivity contribution is -0.118. The van der Waals surface area contributed by atoms with Crippen molar-refractivity contribution in [2.75, 3.05) is 25.6 Å². The summed E-state index contributed by atoms with van der Waals surface area (Å²) in [5.41, 5.74) is 0.863. The number of carbonyl (C=O) groups excluding carboxylic acids is 1. The van der Waals surface area contributed by atoms with Crippen LogP contribution in [0.5, 0.6) is 5.75 Å². The molecule has 1 N–H and O–H groups in total.